The van der Waals surface area contributed by atoms with E-state index in [9.17, 15) is 18.4 Å². The number of carboxylic acids is 1. The lowest BCUT2D eigenvalue weighted by Crippen LogP contribution is -2.23. The summed E-state index contributed by atoms with van der Waals surface area (Å²) in [6.45, 7) is 4.68. The summed E-state index contributed by atoms with van der Waals surface area (Å²) in [4.78, 5) is 37.0. The van der Waals surface area contributed by atoms with Crippen LogP contribution in [0.25, 0.3) is 22.5 Å². The second-order valence-electron chi connectivity index (χ2n) is 16.2. The molecule has 0 atom stereocenters. The average molecular weight is 929 g/mol. The van der Waals surface area contributed by atoms with E-state index in [1.165, 1.54) is 47.6 Å². The molecular formula is C56H54F2N6O5. The number of carbonyl (C=O) groups excluding carboxylic acids is 1. The zero-order valence-corrected chi connectivity index (χ0v) is 39.3. The molecule has 0 fully saturated rings. The number of ether oxygens (including phenoxy) is 2. The Labute approximate surface area is 401 Å². The summed E-state index contributed by atoms with van der Waals surface area (Å²) in [6.07, 6.45) is 0. The molecule has 0 spiro atoms. The molecule has 13 heteroatoms. The number of nitrogens with one attached hydrogen (secondary N) is 1. The highest BCUT2D eigenvalue weighted by molar-refractivity contribution is 5.95. The number of hydrogen-bond acceptors (Lipinski definition) is 9. The normalized spacial score (nSPS) is 10.4. The zero-order chi connectivity index (χ0) is 49.5. The first-order valence-corrected chi connectivity index (χ1v) is 21.9. The monoisotopic (exact) mass is 928 g/mol. The first-order chi connectivity index (χ1) is 33.1. The van der Waals surface area contributed by atoms with Crippen molar-refractivity contribution >= 4 is 23.3 Å². The molecule has 6 aromatic carbocycles. The Kier molecular flexibility index (Phi) is 17.3. The number of carboxylic acid groups (broad SMARTS) is 1. The summed E-state index contributed by atoms with van der Waals surface area (Å²) in [5, 5.41) is 12.1. The summed E-state index contributed by atoms with van der Waals surface area (Å²) in [6, 6.07) is 49.1. The molecule has 4 N–H and O–H groups in total. The molecule has 0 aliphatic heterocycles. The molecule has 0 aliphatic rings. The molecular weight excluding hydrogens is 875 g/mol. The number of halogens is 2. The number of amides is 1. The quantitative estimate of drug-likeness (QED) is 0.102. The van der Waals surface area contributed by atoms with Crippen LogP contribution in [0.4, 0.5) is 20.2 Å². The Morgan fingerprint density at radius 1 is 0.536 bits per heavy atom. The number of anilines is 2. The predicted octanol–water partition coefficient (Wildman–Crippen LogP) is 11.9. The molecule has 69 heavy (non-hydrogen) atoms. The van der Waals surface area contributed by atoms with Gasteiger partial charge in [0.1, 0.15) is 34.6 Å². The zero-order valence-electron chi connectivity index (χ0n) is 39.3. The lowest BCUT2D eigenvalue weighted by Gasteiger charge is -2.13. The Hall–Kier alpha value is -8.42. The topological polar surface area (TPSA) is 143 Å². The van der Waals surface area contributed by atoms with Crippen molar-refractivity contribution < 1.29 is 33.0 Å². The van der Waals surface area contributed by atoms with Gasteiger partial charge in [0.25, 0.3) is 5.91 Å². The molecule has 8 rings (SSSR count). The van der Waals surface area contributed by atoms with Crippen LogP contribution in [0.15, 0.2) is 170 Å². The lowest BCUT2D eigenvalue weighted by atomic mass is 10.1. The third-order valence-corrected chi connectivity index (χ3v) is 10.4. The van der Waals surface area contributed by atoms with Crippen LogP contribution in [0.2, 0.25) is 0 Å². The minimum atomic E-state index is -0.988. The number of hydrogen-bond donors (Lipinski definition) is 3. The van der Waals surface area contributed by atoms with Crippen LogP contribution >= 0.6 is 0 Å². The Morgan fingerprint density at radius 2 is 0.899 bits per heavy atom. The highest BCUT2D eigenvalue weighted by Crippen LogP contribution is 2.28. The smallest absolute Gasteiger partial charge is 0.335 e. The van der Waals surface area contributed by atoms with E-state index in [2.05, 4.69) is 44.5 Å². The molecule has 11 nitrogen and oxygen atoms in total. The Morgan fingerprint density at radius 3 is 1.28 bits per heavy atom. The molecule has 0 bridgehead atoms. The maximum atomic E-state index is 13.1. The predicted molar refractivity (Wildman–Crippen MR) is 269 cm³/mol. The van der Waals surface area contributed by atoms with Crippen LogP contribution in [0, 0.1) is 25.5 Å². The number of rotatable bonds is 13. The number of nitrogens with two attached hydrogens (primary N) is 1. The number of benzene rings is 6. The molecule has 0 aliphatic carbocycles. The summed E-state index contributed by atoms with van der Waals surface area (Å²) >= 11 is 0. The summed E-state index contributed by atoms with van der Waals surface area (Å²) < 4.78 is 37.3. The minimum Gasteiger partial charge on any atom is -0.478 e. The van der Waals surface area contributed by atoms with Crippen molar-refractivity contribution in [2.75, 3.05) is 38.0 Å². The van der Waals surface area contributed by atoms with Gasteiger partial charge in [-0.3, -0.25) is 14.8 Å². The minimum absolute atomic E-state index is 0.153. The number of nitrogens with zero attached hydrogens (tertiary/aromatic N) is 4. The second kappa shape index (κ2) is 23.9. The van der Waals surface area contributed by atoms with E-state index in [-0.39, 0.29) is 23.1 Å². The molecule has 0 unspecified atom stereocenters. The van der Waals surface area contributed by atoms with E-state index in [0.29, 0.717) is 58.7 Å². The Balaban J connectivity index is 0.000000193. The first kappa shape index (κ1) is 50.0. The van der Waals surface area contributed by atoms with Crippen LogP contribution in [-0.4, -0.2) is 55.1 Å². The highest BCUT2D eigenvalue weighted by Gasteiger charge is 2.12. The van der Waals surface area contributed by atoms with E-state index in [1.807, 2.05) is 88.5 Å². The van der Waals surface area contributed by atoms with Gasteiger partial charge in [0, 0.05) is 80.7 Å². The fourth-order valence-electron chi connectivity index (χ4n) is 6.68. The van der Waals surface area contributed by atoms with E-state index in [1.54, 1.807) is 67.6 Å². The van der Waals surface area contributed by atoms with Gasteiger partial charge in [-0.1, -0.05) is 24.3 Å². The summed E-state index contributed by atoms with van der Waals surface area (Å²) in [5.41, 5.74) is 15.1. The number of carbonyl (C=O) groups is 2. The van der Waals surface area contributed by atoms with Gasteiger partial charge in [-0.05, 0) is 171 Å². The number of aromatic nitrogens is 2. The molecule has 352 valence electrons. The average Bonchev–Trinajstić information content (AvgIpc) is 3.35. The third-order valence-electron chi connectivity index (χ3n) is 10.4. The third kappa shape index (κ3) is 15.0. The molecule has 2 aromatic heterocycles. The van der Waals surface area contributed by atoms with Gasteiger partial charge in [0.2, 0.25) is 0 Å². The number of aromatic carboxylic acids is 1. The van der Waals surface area contributed by atoms with Crippen LogP contribution in [-0.2, 0) is 13.1 Å². The molecule has 0 saturated heterocycles. The van der Waals surface area contributed by atoms with E-state index >= 15 is 0 Å². The maximum absolute atomic E-state index is 13.1. The first-order valence-electron chi connectivity index (χ1n) is 21.9. The lowest BCUT2D eigenvalue weighted by molar-refractivity contribution is 0.0696. The van der Waals surface area contributed by atoms with Crippen molar-refractivity contribution in [2.45, 2.75) is 26.9 Å². The van der Waals surface area contributed by atoms with Gasteiger partial charge in [0.15, 0.2) is 0 Å². The van der Waals surface area contributed by atoms with Gasteiger partial charge >= 0.3 is 5.97 Å². The van der Waals surface area contributed by atoms with Crippen molar-refractivity contribution in [3.8, 4) is 45.5 Å². The van der Waals surface area contributed by atoms with Gasteiger partial charge in [-0.2, -0.15) is 0 Å². The van der Waals surface area contributed by atoms with Gasteiger partial charge < -0.3 is 35.4 Å². The van der Waals surface area contributed by atoms with Gasteiger partial charge in [-0.25, -0.2) is 13.6 Å². The van der Waals surface area contributed by atoms with Crippen molar-refractivity contribution in [1.82, 2.24) is 15.3 Å². The molecule has 8 aromatic rings. The van der Waals surface area contributed by atoms with Crippen molar-refractivity contribution in [3.63, 3.8) is 0 Å². The van der Waals surface area contributed by atoms with Crippen molar-refractivity contribution in [1.29, 1.82) is 0 Å². The number of pyridine rings is 2. The van der Waals surface area contributed by atoms with Crippen LogP contribution < -0.4 is 30.3 Å². The number of aryl methyl sites for hydroxylation is 2. The van der Waals surface area contributed by atoms with E-state index < -0.39 is 5.97 Å². The Bertz CT molecular complexity index is 2930. The summed E-state index contributed by atoms with van der Waals surface area (Å²) in [5.74, 6) is 0.535. The summed E-state index contributed by atoms with van der Waals surface area (Å²) in [7, 11) is 8.04. The molecule has 0 radical (unpaired) electrons. The fourth-order valence-corrected chi connectivity index (χ4v) is 6.68. The van der Waals surface area contributed by atoms with Crippen LogP contribution in [0.3, 0.4) is 0 Å². The second-order valence-corrected chi connectivity index (χ2v) is 16.2. The fraction of sp³-hybridized carbons (Fsp3) is 0.143. The van der Waals surface area contributed by atoms with Gasteiger partial charge in [-0.15, -0.1) is 0 Å². The highest BCUT2D eigenvalue weighted by atomic mass is 19.1. The largest absolute Gasteiger partial charge is 0.478 e. The molecule has 2 heterocycles. The van der Waals surface area contributed by atoms with Crippen LogP contribution in [0.1, 0.15) is 43.2 Å². The van der Waals surface area contributed by atoms with Crippen molar-refractivity contribution in [3.05, 3.63) is 215 Å². The van der Waals surface area contributed by atoms with Crippen molar-refractivity contribution in [2.24, 2.45) is 5.73 Å². The van der Waals surface area contributed by atoms with Crippen LogP contribution in [0.5, 0.6) is 23.0 Å². The van der Waals surface area contributed by atoms with E-state index in [4.69, 9.17) is 20.3 Å². The molecule has 0 saturated carbocycles. The standard InChI is InChI=1S/C28H26FN3O2.C19H14FNO3.C9H14N2/c1-19-16-22(28(33)30-18-20-4-10-24(11-5-20)32(2)3)17-27(31-19)21-6-12-25(13-7-21)34-26-14-8-23(29)9-15-26;1-12-10-14(19(22)23)11-18(21-12)13-2-6-16(7-3-13)24-17-8-4-15(20)5-9-17;1-11(2)9-5-3-8(7-10)4-6-9/h4-17H,18H2,1-3H3,(H,30,33);2-11H,1H3,(H,22,23);3-6H,7,10H2,1-2H3. The van der Waals surface area contributed by atoms with E-state index in [0.717, 1.165) is 28.1 Å². The maximum Gasteiger partial charge on any atom is 0.335 e. The SMILES string of the molecule is CN(C)c1ccc(CN)cc1.Cc1cc(C(=O)NCc2ccc(N(C)C)cc2)cc(-c2ccc(Oc3ccc(F)cc3)cc2)n1.Cc1cc(C(=O)O)cc(-c2ccc(Oc3ccc(F)cc3)cc2)n1. The molecule has 1 amide bonds. The van der Waals surface area contributed by atoms with Gasteiger partial charge in [0.05, 0.1) is 17.0 Å².